The van der Waals surface area contributed by atoms with Crippen LogP contribution in [0.2, 0.25) is 0 Å². The second-order valence-electron chi connectivity index (χ2n) is 9.03. The van der Waals surface area contributed by atoms with Gasteiger partial charge in [-0.3, -0.25) is 14.4 Å². The lowest BCUT2D eigenvalue weighted by Crippen LogP contribution is -2.47. The number of furan rings is 1. The molecule has 0 saturated heterocycles. The maximum Gasteiger partial charge on any atom is 0.307 e. The second kappa shape index (κ2) is 9.54. The van der Waals surface area contributed by atoms with Crippen LogP contribution < -0.4 is 10.6 Å². The van der Waals surface area contributed by atoms with Crippen LogP contribution in [-0.4, -0.2) is 22.9 Å². The highest BCUT2D eigenvalue weighted by atomic mass is 32.1. The van der Waals surface area contributed by atoms with Gasteiger partial charge in [0.2, 0.25) is 5.91 Å². The summed E-state index contributed by atoms with van der Waals surface area (Å²) in [6, 6.07) is 13.1. The fraction of sp³-hybridized carbons (Fsp3) is 0.296. The number of hydrogen-bond acceptors (Lipinski definition) is 5. The van der Waals surface area contributed by atoms with Gasteiger partial charge in [0.15, 0.2) is 0 Å². The summed E-state index contributed by atoms with van der Waals surface area (Å²) in [5.74, 6) is -2.71. The third kappa shape index (κ3) is 4.41. The molecule has 7 nitrogen and oxygen atoms in total. The Morgan fingerprint density at radius 2 is 1.74 bits per heavy atom. The molecule has 2 bridgehead atoms. The highest BCUT2D eigenvalue weighted by Crippen LogP contribution is 2.46. The zero-order valence-electron chi connectivity index (χ0n) is 19.2. The Morgan fingerprint density at radius 3 is 2.37 bits per heavy atom. The van der Waals surface area contributed by atoms with Crippen molar-refractivity contribution in [2.45, 2.75) is 26.3 Å². The van der Waals surface area contributed by atoms with Crippen LogP contribution in [0.1, 0.15) is 33.8 Å². The van der Waals surface area contributed by atoms with E-state index in [1.165, 1.54) is 11.3 Å². The predicted octanol–water partition coefficient (Wildman–Crippen LogP) is 5.10. The fourth-order valence-corrected chi connectivity index (χ4v) is 6.43. The van der Waals surface area contributed by atoms with Crippen molar-refractivity contribution in [2.24, 2.45) is 23.7 Å². The number of thiophene rings is 1. The molecule has 0 spiro atoms. The molecule has 3 aromatic rings. The van der Waals surface area contributed by atoms with Crippen molar-refractivity contribution in [1.82, 2.24) is 5.32 Å². The molecule has 0 radical (unpaired) electrons. The summed E-state index contributed by atoms with van der Waals surface area (Å²) < 4.78 is 5.33. The lowest BCUT2D eigenvalue weighted by molar-refractivity contribution is -0.151. The van der Waals surface area contributed by atoms with Crippen LogP contribution in [0.25, 0.3) is 11.1 Å². The minimum absolute atomic E-state index is 0.119. The Balaban J connectivity index is 1.48. The van der Waals surface area contributed by atoms with Gasteiger partial charge in [0.05, 0.1) is 30.2 Å². The van der Waals surface area contributed by atoms with E-state index in [4.69, 9.17) is 4.42 Å². The molecular weight excluding hydrogens is 464 g/mol. The monoisotopic (exact) mass is 490 g/mol. The number of rotatable bonds is 7. The van der Waals surface area contributed by atoms with Gasteiger partial charge in [-0.25, -0.2) is 0 Å². The average molecular weight is 491 g/mol. The van der Waals surface area contributed by atoms with Crippen molar-refractivity contribution in [3.8, 4) is 11.1 Å². The Morgan fingerprint density at radius 1 is 1.03 bits per heavy atom. The number of carbonyl (C=O) groups is 3. The maximum atomic E-state index is 13.5. The Labute approximate surface area is 206 Å². The molecule has 6 rings (SSSR count). The van der Waals surface area contributed by atoms with Crippen LogP contribution in [0.5, 0.6) is 0 Å². The summed E-state index contributed by atoms with van der Waals surface area (Å²) in [5.41, 5.74) is 2.00. The predicted molar refractivity (Wildman–Crippen MR) is 133 cm³/mol. The molecule has 4 atom stereocenters. The molecule has 3 N–H and O–H groups in total. The number of hydrogen-bond donors (Lipinski definition) is 3. The number of fused-ring (bicyclic) bond motifs is 2. The third-order valence-electron chi connectivity index (χ3n) is 6.95. The molecule has 1 saturated carbocycles. The molecule has 0 aliphatic heterocycles. The van der Waals surface area contributed by atoms with Gasteiger partial charge in [-0.05, 0) is 49.3 Å². The summed E-state index contributed by atoms with van der Waals surface area (Å²) in [4.78, 5) is 39.9. The van der Waals surface area contributed by atoms with Gasteiger partial charge in [0, 0.05) is 10.4 Å². The van der Waals surface area contributed by atoms with Crippen LogP contribution >= 0.6 is 11.3 Å². The molecule has 180 valence electrons. The van der Waals surface area contributed by atoms with Crippen molar-refractivity contribution in [2.75, 3.05) is 5.32 Å². The van der Waals surface area contributed by atoms with Gasteiger partial charge in [0.1, 0.15) is 10.8 Å². The van der Waals surface area contributed by atoms with Gasteiger partial charge in [-0.15, -0.1) is 11.3 Å². The molecule has 3 aliphatic rings. The largest absolute Gasteiger partial charge is 0.481 e. The van der Waals surface area contributed by atoms with Crippen LogP contribution in [0.3, 0.4) is 0 Å². The van der Waals surface area contributed by atoms with E-state index in [0.717, 1.165) is 28.8 Å². The van der Waals surface area contributed by atoms with E-state index < -0.39 is 17.8 Å². The van der Waals surface area contributed by atoms with Gasteiger partial charge in [-0.2, -0.15) is 0 Å². The molecule has 1 aromatic carbocycles. The van der Waals surface area contributed by atoms with E-state index in [2.05, 4.69) is 10.6 Å². The van der Waals surface area contributed by atoms with Gasteiger partial charge in [0.25, 0.3) is 5.91 Å². The Bertz CT molecular complexity index is 1280. The molecule has 8 heteroatoms. The summed E-state index contributed by atoms with van der Waals surface area (Å²) in [6.45, 7) is 2.12. The van der Waals surface area contributed by atoms with Crippen LogP contribution in [0.15, 0.2) is 65.3 Å². The van der Waals surface area contributed by atoms with E-state index in [1.54, 1.807) is 18.4 Å². The normalized spacial score (nSPS) is 22.7. The number of carboxylic acids is 1. The van der Waals surface area contributed by atoms with E-state index >= 15 is 0 Å². The van der Waals surface area contributed by atoms with E-state index in [-0.39, 0.29) is 30.2 Å². The first-order chi connectivity index (χ1) is 16.9. The smallest absolute Gasteiger partial charge is 0.307 e. The van der Waals surface area contributed by atoms with Crippen LogP contribution in [0.4, 0.5) is 5.00 Å². The lowest BCUT2D eigenvalue weighted by Gasteiger charge is -2.41. The minimum Gasteiger partial charge on any atom is -0.481 e. The van der Waals surface area contributed by atoms with Crippen LogP contribution in [0, 0.1) is 30.6 Å². The molecule has 0 unspecified atom stereocenters. The number of nitrogens with one attached hydrogen (secondary N) is 2. The van der Waals surface area contributed by atoms with Crippen molar-refractivity contribution in [3.63, 3.8) is 0 Å². The zero-order valence-corrected chi connectivity index (χ0v) is 20.0. The topological polar surface area (TPSA) is 109 Å². The van der Waals surface area contributed by atoms with Crippen molar-refractivity contribution >= 4 is 34.1 Å². The number of amides is 2. The molecule has 2 heterocycles. The molecule has 3 aliphatic carbocycles. The highest BCUT2D eigenvalue weighted by Gasteiger charge is 2.48. The lowest BCUT2D eigenvalue weighted by atomic mass is 9.62. The van der Waals surface area contributed by atoms with E-state index in [0.29, 0.717) is 16.3 Å². The molecule has 35 heavy (non-hydrogen) atoms. The van der Waals surface area contributed by atoms with Crippen molar-refractivity contribution in [3.05, 3.63) is 77.1 Å². The fourth-order valence-electron chi connectivity index (χ4n) is 5.35. The van der Waals surface area contributed by atoms with Crippen LogP contribution in [-0.2, 0) is 16.1 Å². The van der Waals surface area contributed by atoms with E-state index in [1.807, 2.05) is 49.4 Å². The first-order valence-electron chi connectivity index (χ1n) is 11.7. The molecule has 2 aromatic heterocycles. The first kappa shape index (κ1) is 23.1. The number of allylic oxidation sites excluding steroid dienone is 2. The van der Waals surface area contributed by atoms with Gasteiger partial charge >= 0.3 is 5.97 Å². The first-order valence-corrected chi connectivity index (χ1v) is 12.5. The standard InChI is InChI=1S/C27H26N2O5S/c1-15-20(16-6-3-2-4-7-16)23(24(30)28-14-19-8-5-13-34-19)26(35-15)29-25(31)21-17-9-11-18(12-10-17)22(21)27(32)33/h2-9,11,13,17-18,21-22H,10,12,14H2,1H3,(H,28,30)(H,29,31)(H,32,33)/t17-,18-,21-,22-/m0/s1. The van der Waals surface area contributed by atoms with Gasteiger partial charge < -0.3 is 20.2 Å². The zero-order chi connectivity index (χ0) is 24.5. The van der Waals surface area contributed by atoms with Crippen molar-refractivity contribution in [1.29, 1.82) is 0 Å². The number of aryl methyl sites for hydroxylation is 1. The average Bonchev–Trinajstić information content (AvgIpc) is 3.50. The minimum atomic E-state index is -0.951. The molecule has 1 fully saturated rings. The highest BCUT2D eigenvalue weighted by molar-refractivity contribution is 7.17. The maximum absolute atomic E-state index is 13.5. The third-order valence-corrected chi connectivity index (χ3v) is 7.97. The van der Waals surface area contributed by atoms with Crippen molar-refractivity contribution < 1.29 is 23.9 Å². The van der Waals surface area contributed by atoms with Gasteiger partial charge in [-0.1, -0.05) is 42.5 Å². The second-order valence-corrected chi connectivity index (χ2v) is 10.3. The molecular formula is C27H26N2O5S. The number of benzene rings is 1. The SMILES string of the molecule is Cc1sc(NC(=O)[C@@H]2[C@@H](C(=O)O)[C@H]3C=C[C@H]2CC3)c(C(=O)NCc2ccco2)c1-c1ccccc1. The summed E-state index contributed by atoms with van der Waals surface area (Å²) >= 11 is 1.33. The number of carbonyl (C=O) groups excluding carboxylic acids is 2. The molecule has 2 amide bonds. The Hall–Kier alpha value is -3.65. The summed E-state index contributed by atoms with van der Waals surface area (Å²) in [5, 5.41) is 16.1. The quantitative estimate of drug-likeness (QED) is 0.400. The summed E-state index contributed by atoms with van der Waals surface area (Å²) in [6.07, 6.45) is 7.02. The Kier molecular flexibility index (Phi) is 6.30. The summed E-state index contributed by atoms with van der Waals surface area (Å²) in [7, 11) is 0. The van der Waals surface area contributed by atoms with E-state index in [9.17, 15) is 19.5 Å². The number of carboxylic acid groups (broad SMARTS) is 1. The number of anilines is 1. The number of aliphatic carboxylic acids is 1.